The number of hydrogen-bond acceptors (Lipinski definition) is 6. The van der Waals surface area contributed by atoms with Gasteiger partial charge in [-0.2, -0.15) is 18.3 Å². The number of alkyl halides is 3. The number of aromatic nitrogens is 2. The number of carbonyl (C=O) groups excluding carboxylic acids is 2. The number of nitrogens with zero attached hydrogens (tertiary/aromatic N) is 3. The molecule has 0 aliphatic heterocycles. The number of oxime groups is 1. The number of rotatable bonds is 7. The van der Waals surface area contributed by atoms with Crippen LogP contribution in [-0.4, -0.2) is 34.4 Å². The predicted molar refractivity (Wildman–Crippen MR) is 97.4 cm³/mol. The second-order valence-electron chi connectivity index (χ2n) is 6.10. The van der Waals surface area contributed by atoms with Crippen molar-refractivity contribution in [2.24, 2.45) is 12.2 Å². The predicted octanol–water partition coefficient (Wildman–Crippen LogP) is 3.30. The number of carbonyl (C=O) groups is 2. The second-order valence-corrected chi connectivity index (χ2v) is 6.10. The highest BCUT2D eigenvalue weighted by Crippen LogP contribution is 2.29. The molecule has 10 heteroatoms. The lowest BCUT2D eigenvalue weighted by atomic mass is 10.1. The van der Waals surface area contributed by atoms with Crippen molar-refractivity contribution in [3.8, 4) is 0 Å². The SMILES string of the molecule is CCc1nn(C)c(C(=O)C(=O)OC)c1CON=C(C)c1cccc(C(F)(F)F)c1. The van der Waals surface area contributed by atoms with E-state index >= 15 is 0 Å². The summed E-state index contributed by atoms with van der Waals surface area (Å²) in [5.41, 5.74) is 0.584. The van der Waals surface area contributed by atoms with Crippen LogP contribution in [0.4, 0.5) is 13.2 Å². The highest BCUT2D eigenvalue weighted by molar-refractivity contribution is 6.40. The minimum Gasteiger partial charge on any atom is -0.463 e. The molecule has 0 atom stereocenters. The summed E-state index contributed by atoms with van der Waals surface area (Å²) in [7, 11) is 2.60. The lowest BCUT2D eigenvalue weighted by Gasteiger charge is -2.09. The van der Waals surface area contributed by atoms with Crippen LogP contribution in [-0.2, 0) is 40.6 Å². The van der Waals surface area contributed by atoms with Crippen molar-refractivity contribution in [2.45, 2.75) is 33.1 Å². The normalized spacial score (nSPS) is 12.0. The van der Waals surface area contributed by atoms with Crippen LogP contribution in [0.15, 0.2) is 29.4 Å². The van der Waals surface area contributed by atoms with Gasteiger partial charge >= 0.3 is 12.1 Å². The van der Waals surface area contributed by atoms with Crippen LogP contribution in [0, 0.1) is 0 Å². The van der Waals surface area contributed by atoms with Gasteiger partial charge in [-0.3, -0.25) is 9.48 Å². The van der Waals surface area contributed by atoms with E-state index in [1.807, 2.05) is 6.92 Å². The maximum absolute atomic E-state index is 12.9. The molecular formula is C19H20F3N3O4. The Morgan fingerprint density at radius 1 is 1.28 bits per heavy atom. The van der Waals surface area contributed by atoms with E-state index in [1.165, 1.54) is 30.8 Å². The summed E-state index contributed by atoms with van der Waals surface area (Å²) in [6.07, 6.45) is -4.00. The first-order valence-corrected chi connectivity index (χ1v) is 8.61. The van der Waals surface area contributed by atoms with Crippen molar-refractivity contribution in [1.29, 1.82) is 0 Å². The number of esters is 1. The Kier molecular flexibility index (Phi) is 6.78. The lowest BCUT2D eigenvalue weighted by Crippen LogP contribution is -2.20. The van der Waals surface area contributed by atoms with E-state index in [1.54, 1.807) is 0 Å². The molecule has 0 aliphatic carbocycles. The largest absolute Gasteiger partial charge is 0.463 e. The molecule has 1 aromatic heterocycles. The van der Waals surface area contributed by atoms with E-state index in [2.05, 4.69) is 15.0 Å². The molecule has 0 fully saturated rings. The molecule has 0 spiro atoms. The van der Waals surface area contributed by atoms with E-state index in [-0.39, 0.29) is 23.6 Å². The van der Waals surface area contributed by atoms with Crippen molar-refractivity contribution < 1.29 is 32.3 Å². The van der Waals surface area contributed by atoms with Crippen LogP contribution in [0.3, 0.4) is 0 Å². The topological polar surface area (TPSA) is 82.8 Å². The number of ketones is 1. The van der Waals surface area contributed by atoms with E-state index in [0.717, 1.165) is 19.2 Å². The summed E-state index contributed by atoms with van der Waals surface area (Å²) in [6, 6.07) is 4.69. The zero-order valence-electron chi connectivity index (χ0n) is 16.3. The van der Waals surface area contributed by atoms with Gasteiger partial charge in [0.2, 0.25) is 0 Å². The highest BCUT2D eigenvalue weighted by Gasteiger charge is 2.30. The Bertz CT molecular complexity index is 949. The van der Waals surface area contributed by atoms with Crippen molar-refractivity contribution in [3.05, 3.63) is 52.3 Å². The van der Waals surface area contributed by atoms with Crippen LogP contribution in [0.1, 0.15) is 46.7 Å². The zero-order chi connectivity index (χ0) is 21.8. The summed E-state index contributed by atoms with van der Waals surface area (Å²) in [5, 5.41) is 8.04. The third kappa shape index (κ3) is 5.01. The van der Waals surface area contributed by atoms with E-state index in [9.17, 15) is 22.8 Å². The fourth-order valence-corrected chi connectivity index (χ4v) is 2.70. The Morgan fingerprint density at radius 2 is 1.97 bits per heavy atom. The molecular weight excluding hydrogens is 391 g/mol. The van der Waals surface area contributed by atoms with Crippen molar-refractivity contribution in [3.63, 3.8) is 0 Å². The van der Waals surface area contributed by atoms with E-state index < -0.39 is 23.5 Å². The molecule has 29 heavy (non-hydrogen) atoms. The summed E-state index contributed by atoms with van der Waals surface area (Å²) in [4.78, 5) is 29.2. The molecule has 0 saturated carbocycles. The van der Waals surface area contributed by atoms with Gasteiger partial charge < -0.3 is 9.57 Å². The first-order chi connectivity index (χ1) is 13.6. The summed E-state index contributed by atoms with van der Waals surface area (Å²) >= 11 is 0. The van der Waals surface area contributed by atoms with Crippen LogP contribution >= 0.6 is 0 Å². The molecule has 0 saturated heterocycles. The van der Waals surface area contributed by atoms with Crippen LogP contribution in [0.5, 0.6) is 0 Å². The first-order valence-electron chi connectivity index (χ1n) is 8.61. The van der Waals surface area contributed by atoms with Crippen molar-refractivity contribution in [1.82, 2.24) is 9.78 Å². The molecule has 0 radical (unpaired) electrons. The fourth-order valence-electron chi connectivity index (χ4n) is 2.70. The molecule has 0 amide bonds. The van der Waals surface area contributed by atoms with Gasteiger partial charge in [-0.05, 0) is 31.0 Å². The number of benzene rings is 1. The Morgan fingerprint density at radius 3 is 2.55 bits per heavy atom. The molecule has 2 aromatic rings. The van der Waals surface area contributed by atoms with Crippen LogP contribution in [0.2, 0.25) is 0 Å². The molecule has 7 nitrogen and oxygen atoms in total. The fraction of sp³-hybridized carbons (Fsp3) is 0.368. The van der Waals surface area contributed by atoms with Gasteiger partial charge in [0.15, 0.2) is 0 Å². The van der Waals surface area contributed by atoms with Gasteiger partial charge in [0, 0.05) is 12.6 Å². The lowest BCUT2D eigenvalue weighted by molar-refractivity contribution is -0.137. The molecule has 0 unspecified atom stereocenters. The molecule has 156 valence electrons. The quantitative estimate of drug-likeness (QED) is 0.230. The Balaban J connectivity index is 2.26. The third-order valence-corrected chi connectivity index (χ3v) is 4.17. The average Bonchev–Trinajstić information content (AvgIpc) is 3.01. The number of aryl methyl sites for hydroxylation is 2. The average molecular weight is 411 g/mol. The molecule has 2 rings (SSSR count). The standard InChI is InChI=1S/C19H20F3N3O4/c1-5-15-14(16(25(3)23-15)17(26)18(27)28-4)10-29-24-11(2)12-7-6-8-13(9-12)19(20,21)22/h6-9H,5,10H2,1-4H3. The second kappa shape index (κ2) is 8.89. The summed E-state index contributed by atoms with van der Waals surface area (Å²) in [5.74, 6) is -1.92. The zero-order valence-corrected chi connectivity index (χ0v) is 16.3. The van der Waals surface area contributed by atoms with Crippen molar-refractivity contribution in [2.75, 3.05) is 7.11 Å². The van der Waals surface area contributed by atoms with Gasteiger partial charge in [-0.1, -0.05) is 24.2 Å². The Hall–Kier alpha value is -3.17. The van der Waals surface area contributed by atoms with Gasteiger partial charge in [-0.25, -0.2) is 4.79 Å². The van der Waals surface area contributed by atoms with Gasteiger partial charge in [0.1, 0.15) is 12.3 Å². The molecule has 1 aromatic carbocycles. The first kappa shape index (κ1) is 22.1. The minimum atomic E-state index is -4.47. The van der Waals surface area contributed by atoms with Gasteiger partial charge in [0.25, 0.3) is 5.78 Å². The van der Waals surface area contributed by atoms with E-state index in [0.29, 0.717) is 17.7 Å². The number of hydrogen-bond donors (Lipinski definition) is 0. The maximum atomic E-state index is 12.9. The molecule has 0 bridgehead atoms. The highest BCUT2D eigenvalue weighted by atomic mass is 19.4. The van der Waals surface area contributed by atoms with E-state index in [4.69, 9.17) is 4.84 Å². The summed E-state index contributed by atoms with van der Waals surface area (Å²) < 4.78 is 44.3. The third-order valence-electron chi connectivity index (χ3n) is 4.17. The number of halogens is 3. The van der Waals surface area contributed by atoms with Crippen LogP contribution in [0.25, 0.3) is 0 Å². The number of Topliss-reactive ketones (excluding diaryl/α,β-unsaturated/α-hetero) is 1. The van der Waals surface area contributed by atoms with Crippen LogP contribution < -0.4 is 0 Å². The molecule has 1 heterocycles. The summed E-state index contributed by atoms with van der Waals surface area (Å²) in [6.45, 7) is 3.13. The Labute approximate surface area is 165 Å². The molecule has 0 N–H and O–H groups in total. The van der Waals surface area contributed by atoms with Gasteiger partial charge in [-0.15, -0.1) is 0 Å². The van der Waals surface area contributed by atoms with Crippen molar-refractivity contribution >= 4 is 17.5 Å². The minimum absolute atomic E-state index is 0.0145. The van der Waals surface area contributed by atoms with Gasteiger partial charge in [0.05, 0.1) is 24.1 Å². The molecule has 0 aliphatic rings. The monoisotopic (exact) mass is 411 g/mol. The smallest absolute Gasteiger partial charge is 0.416 e. The maximum Gasteiger partial charge on any atom is 0.416 e. The number of methoxy groups -OCH3 is 1. The number of ether oxygens (including phenoxy) is 1.